The minimum atomic E-state index is -4.92. The van der Waals surface area contributed by atoms with Crippen LogP contribution in [-0.2, 0) is 18.4 Å². The van der Waals surface area contributed by atoms with E-state index in [0.717, 1.165) is 0 Å². The van der Waals surface area contributed by atoms with Crippen LogP contribution in [-0.4, -0.2) is 55.6 Å². The summed E-state index contributed by atoms with van der Waals surface area (Å²) in [6.07, 6.45) is -10.00. The largest absolute Gasteiger partial charge is 0.412 e. The van der Waals surface area contributed by atoms with Gasteiger partial charge in [-0.3, -0.25) is 18.4 Å². The molecule has 0 N–H and O–H groups in total. The number of rotatable bonds is 10. The first-order chi connectivity index (χ1) is 10.8. The normalized spacial score (nSPS) is 13.2. The Hall–Kier alpha value is -0.800. The fourth-order valence-electron chi connectivity index (χ4n) is 1.64. The highest BCUT2D eigenvalue weighted by Gasteiger charge is 2.40. The standard InChI is InChI=1S/C12H20F6NO4P/c1-3-5-19(6-4-2)10(20)7-24(21,22-8-11(13,14)15)23-9-12(16,17)18/h3-9H2,1-2H3. The van der Waals surface area contributed by atoms with Crippen molar-refractivity contribution >= 4 is 13.5 Å². The van der Waals surface area contributed by atoms with Gasteiger partial charge in [0.2, 0.25) is 5.91 Å². The summed E-state index contributed by atoms with van der Waals surface area (Å²) in [5.74, 6) is -0.883. The lowest BCUT2D eigenvalue weighted by Crippen LogP contribution is -2.35. The fourth-order valence-corrected chi connectivity index (χ4v) is 3.11. The maximum Gasteiger partial charge on any atom is 0.412 e. The molecule has 0 radical (unpaired) electrons. The molecular weight excluding hydrogens is 367 g/mol. The number of halogens is 6. The van der Waals surface area contributed by atoms with Gasteiger partial charge < -0.3 is 4.90 Å². The number of amides is 1. The Balaban J connectivity index is 5.08. The monoisotopic (exact) mass is 387 g/mol. The summed E-state index contributed by atoms with van der Waals surface area (Å²) >= 11 is 0. The van der Waals surface area contributed by atoms with E-state index in [-0.39, 0.29) is 13.1 Å². The maximum atomic E-state index is 12.2. The topological polar surface area (TPSA) is 55.8 Å². The molecule has 0 fully saturated rings. The quantitative estimate of drug-likeness (QED) is 0.420. The number of carbonyl (C=O) groups is 1. The summed E-state index contributed by atoms with van der Waals surface area (Å²) in [6.45, 7) is -0.226. The highest BCUT2D eigenvalue weighted by Crippen LogP contribution is 2.50. The summed E-state index contributed by atoms with van der Waals surface area (Å²) in [5.41, 5.74) is 0. The van der Waals surface area contributed by atoms with Crippen molar-refractivity contribution in [2.45, 2.75) is 39.0 Å². The molecule has 0 saturated carbocycles. The van der Waals surface area contributed by atoms with Crippen LogP contribution in [0.5, 0.6) is 0 Å². The van der Waals surface area contributed by atoms with Crippen LogP contribution < -0.4 is 0 Å². The van der Waals surface area contributed by atoms with Gasteiger partial charge in [0.25, 0.3) is 0 Å². The summed E-state index contributed by atoms with van der Waals surface area (Å²) < 4.78 is 93.3. The van der Waals surface area contributed by atoms with E-state index in [2.05, 4.69) is 9.05 Å². The molecule has 0 bridgehead atoms. The third-order valence-electron chi connectivity index (χ3n) is 2.52. The average Bonchev–Trinajstić information content (AvgIpc) is 2.42. The lowest BCUT2D eigenvalue weighted by Gasteiger charge is -2.25. The molecule has 1 amide bonds. The van der Waals surface area contributed by atoms with Crippen LogP contribution in [0, 0.1) is 0 Å². The molecule has 0 spiro atoms. The Labute approximate surface area is 135 Å². The summed E-state index contributed by atoms with van der Waals surface area (Å²) in [4.78, 5) is 13.2. The predicted octanol–water partition coefficient (Wildman–Crippen LogP) is 3.99. The molecule has 0 atom stereocenters. The molecule has 0 unspecified atom stereocenters. The van der Waals surface area contributed by atoms with E-state index in [1.165, 1.54) is 4.90 Å². The van der Waals surface area contributed by atoms with Crippen LogP contribution in [0.4, 0.5) is 26.3 Å². The average molecular weight is 387 g/mol. The second-order valence-electron chi connectivity index (χ2n) is 4.93. The molecule has 0 rings (SSSR count). The van der Waals surface area contributed by atoms with Crippen molar-refractivity contribution in [3.8, 4) is 0 Å². The van der Waals surface area contributed by atoms with Crippen LogP contribution >= 0.6 is 7.60 Å². The maximum absolute atomic E-state index is 12.2. The van der Waals surface area contributed by atoms with Crippen molar-refractivity contribution in [2.75, 3.05) is 32.5 Å². The van der Waals surface area contributed by atoms with Crippen molar-refractivity contribution in [3.05, 3.63) is 0 Å². The van der Waals surface area contributed by atoms with Gasteiger partial charge in [-0.2, -0.15) is 26.3 Å². The third-order valence-corrected chi connectivity index (χ3v) is 4.22. The molecule has 0 aliphatic heterocycles. The van der Waals surface area contributed by atoms with Gasteiger partial charge in [-0.25, -0.2) is 0 Å². The first kappa shape index (κ1) is 23.2. The van der Waals surface area contributed by atoms with Gasteiger partial charge in [0.1, 0.15) is 6.16 Å². The molecule has 144 valence electrons. The smallest absolute Gasteiger partial charge is 0.342 e. The Kier molecular flexibility index (Phi) is 9.30. The number of hydrogen-bond donors (Lipinski definition) is 0. The lowest BCUT2D eigenvalue weighted by atomic mass is 10.3. The van der Waals surface area contributed by atoms with Crippen LogP contribution in [0.1, 0.15) is 26.7 Å². The number of carbonyl (C=O) groups excluding carboxylic acids is 1. The van der Waals surface area contributed by atoms with Gasteiger partial charge in [-0.05, 0) is 12.8 Å². The molecule has 0 aromatic heterocycles. The summed E-state index contributed by atoms with van der Waals surface area (Å²) in [7, 11) is -4.90. The molecule has 0 aromatic rings. The predicted molar refractivity (Wildman–Crippen MR) is 73.6 cm³/mol. The molecule has 0 heterocycles. The number of hydrogen-bond acceptors (Lipinski definition) is 4. The first-order valence-corrected chi connectivity index (χ1v) is 8.84. The zero-order chi connectivity index (χ0) is 19.0. The highest BCUT2D eigenvalue weighted by atomic mass is 31.2. The SMILES string of the molecule is CCCN(CCC)C(=O)CP(=O)(OCC(F)(F)F)OCC(F)(F)F. The van der Waals surface area contributed by atoms with Crippen LogP contribution in [0.25, 0.3) is 0 Å². The van der Waals surface area contributed by atoms with Crippen molar-refractivity contribution in [1.29, 1.82) is 0 Å². The molecule has 24 heavy (non-hydrogen) atoms. The molecule has 12 heteroatoms. The fraction of sp³-hybridized carbons (Fsp3) is 0.917. The van der Waals surface area contributed by atoms with Gasteiger partial charge in [0.05, 0.1) is 0 Å². The van der Waals surface area contributed by atoms with Crippen molar-refractivity contribution in [1.82, 2.24) is 4.90 Å². The van der Waals surface area contributed by atoms with Gasteiger partial charge in [0.15, 0.2) is 13.2 Å². The van der Waals surface area contributed by atoms with E-state index >= 15 is 0 Å². The zero-order valence-electron chi connectivity index (χ0n) is 13.2. The molecule has 0 aliphatic carbocycles. The minimum Gasteiger partial charge on any atom is -0.342 e. The zero-order valence-corrected chi connectivity index (χ0v) is 14.1. The van der Waals surface area contributed by atoms with Crippen LogP contribution in [0.3, 0.4) is 0 Å². The molecule has 0 aliphatic rings. The van der Waals surface area contributed by atoms with E-state index in [1.807, 2.05) is 0 Å². The van der Waals surface area contributed by atoms with E-state index < -0.39 is 45.2 Å². The van der Waals surface area contributed by atoms with Gasteiger partial charge in [0, 0.05) is 13.1 Å². The van der Waals surface area contributed by atoms with Crippen molar-refractivity contribution in [3.63, 3.8) is 0 Å². The molecular formula is C12H20F6NO4P. The third kappa shape index (κ3) is 10.9. The molecule has 0 aromatic carbocycles. The Morgan fingerprint density at radius 3 is 1.58 bits per heavy atom. The van der Waals surface area contributed by atoms with E-state index in [9.17, 15) is 35.7 Å². The second kappa shape index (κ2) is 9.62. The Morgan fingerprint density at radius 1 is 0.917 bits per heavy atom. The van der Waals surface area contributed by atoms with Gasteiger partial charge >= 0.3 is 19.9 Å². The van der Waals surface area contributed by atoms with Crippen LogP contribution in [0.15, 0.2) is 0 Å². The first-order valence-electron chi connectivity index (χ1n) is 7.11. The Morgan fingerprint density at radius 2 is 1.29 bits per heavy atom. The minimum absolute atomic E-state index is 0.227. The van der Waals surface area contributed by atoms with E-state index in [1.54, 1.807) is 13.8 Å². The van der Waals surface area contributed by atoms with E-state index in [0.29, 0.717) is 12.8 Å². The lowest BCUT2D eigenvalue weighted by molar-refractivity contribution is -0.165. The van der Waals surface area contributed by atoms with Crippen molar-refractivity contribution in [2.24, 2.45) is 0 Å². The van der Waals surface area contributed by atoms with E-state index in [4.69, 9.17) is 0 Å². The summed E-state index contributed by atoms with van der Waals surface area (Å²) in [5, 5.41) is 0. The highest BCUT2D eigenvalue weighted by molar-refractivity contribution is 7.54. The van der Waals surface area contributed by atoms with Crippen molar-refractivity contribution < 1.29 is 44.7 Å². The van der Waals surface area contributed by atoms with Crippen LogP contribution in [0.2, 0.25) is 0 Å². The second-order valence-corrected chi connectivity index (χ2v) is 6.98. The van der Waals surface area contributed by atoms with Gasteiger partial charge in [-0.15, -0.1) is 0 Å². The summed E-state index contributed by atoms with van der Waals surface area (Å²) in [6, 6.07) is 0. The van der Waals surface area contributed by atoms with Gasteiger partial charge in [-0.1, -0.05) is 13.8 Å². The molecule has 0 saturated heterocycles. The Bertz CT molecular complexity index is 412. The number of nitrogens with zero attached hydrogens (tertiary/aromatic N) is 1. The molecule has 5 nitrogen and oxygen atoms in total. The number of alkyl halides is 6.